The topological polar surface area (TPSA) is 52.8 Å². The molecular weight excluding hydrogens is 295 g/mol. The first-order chi connectivity index (χ1) is 10.3. The third kappa shape index (κ3) is 2.31. The number of aryl methyl sites for hydroxylation is 1. The highest BCUT2D eigenvalue weighted by Crippen LogP contribution is 2.26. The molecule has 0 saturated heterocycles. The number of aromatic nitrogens is 4. The number of methoxy groups -OCH3 is 1. The highest BCUT2D eigenvalue weighted by Gasteiger charge is 2.19. The van der Waals surface area contributed by atoms with Gasteiger partial charge in [0, 0.05) is 12.3 Å². The maximum absolute atomic E-state index is 14.1. The second kappa shape index (κ2) is 5.65. The summed E-state index contributed by atoms with van der Waals surface area (Å²) in [5.41, 5.74) is 1.36. The van der Waals surface area contributed by atoms with Crippen LogP contribution in [-0.4, -0.2) is 32.5 Å². The Balaban J connectivity index is 2.34. The third-order valence-corrected chi connectivity index (χ3v) is 3.27. The number of halogens is 2. The van der Waals surface area contributed by atoms with Crippen molar-refractivity contribution in [3.63, 3.8) is 0 Å². The lowest BCUT2D eigenvalue weighted by atomic mass is 10.3. The summed E-state index contributed by atoms with van der Waals surface area (Å²) in [6.45, 7) is 0. The van der Waals surface area contributed by atoms with Gasteiger partial charge < -0.3 is 4.74 Å². The maximum atomic E-state index is 14.1. The van der Waals surface area contributed by atoms with Crippen molar-refractivity contribution in [1.82, 2.24) is 19.5 Å². The van der Waals surface area contributed by atoms with E-state index in [4.69, 9.17) is 16.3 Å². The number of benzene rings is 1. The van der Waals surface area contributed by atoms with Gasteiger partial charge in [-0.2, -0.15) is 4.98 Å². The molecule has 0 aliphatic carbocycles. The van der Waals surface area contributed by atoms with E-state index in [0.29, 0.717) is 40.9 Å². The molecule has 2 aromatic heterocycles. The van der Waals surface area contributed by atoms with Crippen molar-refractivity contribution in [2.75, 3.05) is 13.0 Å². The van der Waals surface area contributed by atoms with Gasteiger partial charge in [-0.15, -0.1) is 11.6 Å². The van der Waals surface area contributed by atoms with Crippen LogP contribution in [0.25, 0.3) is 16.9 Å². The first-order valence-corrected chi connectivity index (χ1v) is 6.87. The number of fused-ring (bicyclic) bond motifs is 1. The van der Waals surface area contributed by atoms with Crippen LogP contribution in [0.3, 0.4) is 0 Å². The molecule has 0 radical (unpaired) electrons. The van der Waals surface area contributed by atoms with Crippen LogP contribution in [0, 0.1) is 5.82 Å². The van der Waals surface area contributed by atoms with Crippen LogP contribution >= 0.6 is 11.6 Å². The molecule has 21 heavy (non-hydrogen) atoms. The minimum absolute atomic E-state index is 0.353. The highest BCUT2D eigenvalue weighted by atomic mass is 35.5. The minimum atomic E-state index is -0.356. The lowest BCUT2D eigenvalue weighted by Crippen LogP contribution is -2.05. The summed E-state index contributed by atoms with van der Waals surface area (Å²) in [7, 11) is 1.51. The van der Waals surface area contributed by atoms with E-state index in [1.165, 1.54) is 19.5 Å². The summed E-state index contributed by atoms with van der Waals surface area (Å²) < 4.78 is 21.0. The van der Waals surface area contributed by atoms with Gasteiger partial charge in [0.1, 0.15) is 18.0 Å². The van der Waals surface area contributed by atoms with Gasteiger partial charge in [-0.3, -0.25) is 4.57 Å². The lowest BCUT2D eigenvalue weighted by molar-refractivity contribution is 0.401. The standard InChI is InChI=1S/C14H12ClFN4O/c1-21-14-12-13(17-8-18-14)20(11(19-12)6-7-15)10-5-3-2-4-9(10)16/h2-5,8H,6-7H2,1H3. The van der Waals surface area contributed by atoms with Crippen molar-refractivity contribution < 1.29 is 9.13 Å². The van der Waals surface area contributed by atoms with Crippen molar-refractivity contribution in [2.45, 2.75) is 6.42 Å². The summed E-state index contributed by atoms with van der Waals surface area (Å²) in [4.78, 5) is 12.7. The van der Waals surface area contributed by atoms with E-state index in [0.717, 1.165) is 0 Å². The van der Waals surface area contributed by atoms with Crippen LogP contribution < -0.4 is 4.74 Å². The summed E-state index contributed by atoms with van der Waals surface area (Å²) in [5, 5.41) is 0. The van der Waals surface area contributed by atoms with Crippen molar-refractivity contribution in [2.24, 2.45) is 0 Å². The van der Waals surface area contributed by atoms with E-state index in [-0.39, 0.29) is 5.82 Å². The Labute approximate surface area is 125 Å². The van der Waals surface area contributed by atoms with E-state index in [2.05, 4.69) is 15.0 Å². The Morgan fingerprint density at radius 1 is 1.29 bits per heavy atom. The number of alkyl halides is 1. The average molecular weight is 307 g/mol. The minimum Gasteiger partial charge on any atom is -0.479 e. The predicted octanol–water partition coefficient (Wildman–Crippen LogP) is 2.74. The molecule has 7 heteroatoms. The van der Waals surface area contributed by atoms with Gasteiger partial charge in [-0.1, -0.05) is 12.1 Å². The van der Waals surface area contributed by atoms with Gasteiger partial charge >= 0.3 is 0 Å². The first kappa shape index (κ1) is 13.8. The predicted molar refractivity (Wildman–Crippen MR) is 77.6 cm³/mol. The van der Waals surface area contributed by atoms with Gasteiger partial charge in [-0.05, 0) is 12.1 Å². The quantitative estimate of drug-likeness (QED) is 0.696. The van der Waals surface area contributed by atoms with Crippen LogP contribution in [0.4, 0.5) is 4.39 Å². The normalized spacial score (nSPS) is 11.0. The Morgan fingerprint density at radius 3 is 2.81 bits per heavy atom. The van der Waals surface area contributed by atoms with E-state index < -0.39 is 0 Å². The van der Waals surface area contributed by atoms with Crippen LogP contribution in [-0.2, 0) is 6.42 Å². The molecule has 0 aliphatic rings. The fourth-order valence-corrected chi connectivity index (χ4v) is 2.37. The molecule has 0 saturated carbocycles. The second-order valence-electron chi connectivity index (χ2n) is 4.31. The zero-order chi connectivity index (χ0) is 14.8. The average Bonchev–Trinajstić information content (AvgIpc) is 2.86. The molecule has 0 fully saturated rings. The van der Waals surface area contributed by atoms with E-state index in [1.807, 2.05) is 0 Å². The number of hydrogen-bond acceptors (Lipinski definition) is 4. The zero-order valence-corrected chi connectivity index (χ0v) is 12.0. The molecule has 108 valence electrons. The fourth-order valence-electron chi connectivity index (χ4n) is 2.20. The van der Waals surface area contributed by atoms with Crippen LogP contribution in [0.2, 0.25) is 0 Å². The van der Waals surface area contributed by atoms with Crippen molar-refractivity contribution in [1.29, 1.82) is 0 Å². The number of ether oxygens (including phenoxy) is 1. The lowest BCUT2D eigenvalue weighted by Gasteiger charge is -2.08. The Morgan fingerprint density at radius 2 is 2.10 bits per heavy atom. The summed E-state index contributed by atoms with van der Waals surface area (Å²) in [6, 6.07) is 6.45. The highest BCUT2D eigenvalue weighted by molar-refractivity contribution is 6.17. The Hall–Kier alpha value is -2.21. The van der Waals surface area contributed by atoms with Gasteiger partial charge in [0.25, 0.3) is 0 Å². The monoisotopic (exact) mass is 306 g/mol. The molecule has 3 rings (SSSR count). The number of rotatable bonds is 4. The largest absolute Gasteiger partial charge is 0.479 e. The number of nitrogens with zero attached hydrogens (tertiary/aromatic N) is 4. The van der Waals surface area contributed by atoms with Crippen LogP contribution in [0.5, 0.6) is 5.88 Å². The zero-order valence-electron chi connectivity index (χ0n) is 11.3. The van der Waals surface area contributed by atoms with Gasteiger partial charge in [0.2, 0.25) is 5.88 Å². The molecule has 0 atom stereocenters. The van der Waals surface area contributed by atoms with Crippen molar-refractivity contribution >= 4 is 22.8 Å². The maximum Gasteiger partial charge on any atom is 0.245 e. The summed E-state index contributed by atoms with van der Waals surface area (Å²) in [5.74, 6) is 0.980. The van der Waals surface area contributed by atoms with E-state index in [1.54, 1.807) is 22.8 Å². The molecule has 1 aromatic carbocycles. The first-order valence-electron chi connectivity index (χ1n) is 6.33. The molecule has 3 aromatic rings. The smallest absolute Gasteiger partial charge is 0.245 e. The molecular formula is C14H12ClFN4O. The third-order valence-electron chi connectivity index (χ3n) is 3.08. The van der Waals surface area contributed by atoms with E-state index in [9.17, 15) is 4.39 Å². The van der Waals surface area contributed by atoms with Gasteiger partial charge in [-0.25, -0.2) is 14.4 Å². The molecule has 0 unspecified atom stereocenters. The van der Waals surface area contributed by atoms with Crippen LogP contribution in [0.1, 0.15) is 5.82 Å². The Bertz CT molecular complexity index is 790. The molecule has 2 heterocycles. The molecule has 0 amide bonds. The molecule has 0 spiro atoms. The van der Waals surface area contributed by atoms with Gasteiger partial charge in [0.15, 0.2) is 11.2 Å². The summed E-state index contributed by atoms with van der Waals surface area (Å²) >= 11 is 5.82. The van der Waals surface area contributed by atoms with E-state index >= 15 is 0 Å². The Kier molecular flexibility index (Phi) is 3.70. The molecule has 0 bridgehead atoms. The van der Waals surface area contributed by atoms with Gasteiger partial charge in [0.05, 0.1) is 12.8 Å². The second-order valence-corrected chi connectivity index (χ2v) is 4.69. The number of hydrogen-bond donors (Lipinski definition) is 0. The molecule has 0 aliphatic heterocycles. The fraction of sp³-hybridized carbons (Fsp3) is 0.214. The SMILES string of the molecule is COc1ncnc2c1nc(CCCl)n2-c1ccccc1F. The van der Waals surface area contributed by atoms with Crippen molar-refractivity contribution in [3.8, 4) is 11.6 Å². The number of imidazole rings is 1. The number of para-hydroxylation sites is 1. The molecule has 0 N–H and O–H groups in total. The molecule has 5 nitrogen and oxygen atoms in total. The van der Waals surface area contributed by atoms with Crippen LogP contribution in [0.15, 0.2) is 30.6 Å². The summed E-state index contributed by atoms with van der Waals surface area (Å²) in [6.07, 6.45) is 1.85. The van der Waals surface area contributed by atoms with Crippen molar-refractivity contribution in [3.05, 3.63) is 42.2 Å².